The quantitative estimate of drug-likeness (QED) is 0.520. The molecule has 2 rings (SSSR count). The van der Waals surface area contributed by atoms with E-state index in [0.717, 1.165) is 6.42 Å². The molecule has 0 amide bonds. The molecule has 0 heterocycles. The Morgan fingerprint density at radius 1 is 1.45 bits per heavy atom. The van der Waals surface area contributed by atoms with E-state index in [0.29, 0.717) is 29.0 Å². The Hall–Kier alpha value is -0.330. The van der Waals surface area contributed by atoms with Crippen molar-refractivity contribution in [3.63, 3.8) is 0 Å². The first-order valence-corrected chi connectivity index (χ1v) is 4.56. The molecule has 0 aromatic heterocycles. The Bertz CT molecular complexity index is 201. The summed E-state index contributed by atoms with van der Waals surface area (Å²) in [5.41, 5.74) is 0.442. The van der Waals surface area contributed by atoms with Crippen LogP contribution < -0.4 is 0 Å². The van der Waals surface area contributed by atoms with Crippen molar-refractivity contribution >= 4 is 5.78 Å². The molecule has 2 saturated carbocycles. The third-order valence-electron chi connectivity index (χ3n) is 3.77. The minimum atomic E-state index is 0.351. The van der Waals surface area contributed by atoms with Gasteiger partial charge in [-0.25, -0.2) is 0 Å². The average Bonchev–Trinajstić information content (AvgIpc) is 2.31. The van der Waals surface area contributed by atoms with Crippen LogP contribution in [0.3, 0.4) is 0 Å². The highest BCUT2D eigenvalue weighted by Gasteiger charge is 2.53. The molecule has 0 N–H and O–H groups in total. The zero-order chi connectivity index (χ0) is 8.22. The molecule has 62 valence electrons. The number of rotatable bonds is 0. The Morgan fingerprint density at radius 3 is 2.45 bits per heavy atom. The second-order valence-corrected chi connectivity index (χ2v) is 4.92. The molecule has 0 aromatic carbocycles. The van der Waals surface area contributed by atoms with Crippen LogP contribution in [0.4, 0.5) is 0 Å². The van der Waals surface area contributed by atoms with Gasteiger partial charge in [0.2, 0.25) is 0 Å². The molecular weight excluding hydrogens is 136 g/mol. The lowest BCUT2D eigenvalue weighted by Crippen LogP contribution is -2.31. The summed E-state index contributed by atoms with van der Waals surface area (Å²) in [6.45, 7) is 6.72. The third-order valence-corrected chi connectivity index (χ3v) is 3.77. The van der Waals surface area contributed by atoms with Crippen molar-refractivity contribution < 1.29 is 4.79 Å². The fourth-order valence-corrected chi connectivity index (χ4v) is 3.16. The number of hydrogen-bond acceptors (Lipinski definition) is 1. The lowest BCUT2D eigenvalue weighted by molar-refractivity contribution is -0.127. The fraction of sp³-hybridized carbons (Fsp3) is 0.900. The van der Waals surface area contributed by atoms with Gasteiger partial charge in [0, 0.05) is 11.8 Å². The van der Waals surface area contributed by atoms with Crippen LogP contribution in [-0.4, -0.2) is 5.78 Å². The van der Waals surface area contributed by atoms with Crippen molar-refractivity contribution in [1.82, 2.24) is 0 Å². The van der Waals surface area contributed by atoms with Gasteiger partial charge in [-0.1, -0.05) is 20.8 Å². The average molecular weight is 152 g/mol. The van der Waals surface area contributed by atoms with E-state index < -0.39 is 0 Å². The molecule has 0 aliphatic heterocycles. The molecule has 0 spiro atoms. The summed E-state index contributed by atoms with van der Waals surface area (Å²) in [5, 5.41) is 0. The first-order valence-electron chi connectivity index (χ1n) is 4.56. The van der Waals surface area contributed by atoms with Crippen molar-refractivity contribution in [2.24, 2.45) is 23.2 Å². The van der Waals surface area contributed by atoms with Crippen molar-refractivity contribution in [1.29, 1.82) is 0 Å². The van der Waals surface area contributed by atoms with Crippen LogP contribution in [0.15, 0.2) is 0 Å². The highest BCUT2D eigenvalue weighted by Crippen LogP contribution is 2.56. The van der Waals surface area contributed by atoms with Crippen molar-refractivity contribution in [3.8, 4) is 0 Å². The van der Waals surface area contributed by atoms with Crippen molar-refractivity contribution in [2.45, 2.75) is 33.6 Å². The Balaban J connectivity index is 2.29. The van der Waals surface area contributed by atoms with Gasteiger partial charge >= 0.3 is 0 Å². The predicted octanol–water partition coefficient (Wildman–Crippen LogP) is 2.26. The van der Waals surface area contributed by atoms with Crippen LogP contribution in [0.5, 0.6) is 0 Å². The third kappa shape index (κ3) is 0.800. The summed E-state index contributed by atoms with van der Waals surface area (Å²) in [5.74, 6) is 1.99. The van der Waals surface area contributed by atoms with Crippen molar-refractivity contribution in [3.05, 3.63) is 0 Å². The molecule has 0 aromatic rings. The monoisotopic (exact) mass is 152 g/mol. The van der Waals surface area contributed by atoms with Crippen LogP contribution in [-0.2, 0) is 4.79 Å². The summed E-state index contributed by atoms with van der Waals surface area (Å²) in [7, 11) is 0. The van der Waals surface area contributed by atoms with Crippen LogP contribution in [0, 0.1) is 23.2 Å². The molecule has 11 heavy (non-hydrogen) atoms. The minimum Gasteiger partial charge on any atom is -0.299 e. The summed E-state index contributed by atoms with van der Waals surface area (Å²) >= 11 is 0. The molecule has 1 nitrogen and oxygen atoms in total. The first kappa shape index (κ1) is 7.33. The highest BCUT2D eigenvalue weighted by molar-refractivity contribution is 5.86. The van der Waals surface area contributed by atoms with Gasteiger partial charge in [-0.2, -0.15) is 0 Å². The topological polar surface area (TPSA) is 17.1 Å². The second-order valence-electron chi connectivity index (χ2n) is 4.92. The number of carbonyl (C=O) groups is 1. The van der Waals surface area contributed by atoms with E-state index >= 15 is 0 Å². The lowest BCUT2D eigenvalue weighted by Gasteiger charge is -2.32. The number of fused-ring (bicyclic) bond motifs is 2. The zero-order valence-corrected chi connectivity index (χ0v) is 7.55. The number of ketones is 1. The van der Waals surface area contributed by atoms with Gasteiger partial charge in [0.1, 0.15) is 5.78 Å². The number of carbonyl (C=O) groups excluding carboxylic acids is 1. The summed E-state index contributed by atoms with van der Waals surface area (Å²) in [6.07, 6.45) is 2.31. The smallest absolute Gasteiger partial charge is 0.139 e. The van der Waals surface area contributed by atoms with E-state index in [4.69, 9.17) is 0 Å². The van der Waals surface area contributed by atoms with Crippen molar-refractivity contribution in [2.75, 3.05) is 0 Å². The van der Waals surface area contributed by atoms with Gasteiger partial charge in [-0.05, 0) is 24.2 Å². The summed E-state index contributed by atoms with van der Waals surface area (Å²) in [4.78, 5) is 11.5. The van der Waals surface area contributed by atoms with Gasteiger partial charge in [0.15, 0.2) is 0 Å². The Morgan fingerprint density at radius 2 is 2.09 bits per heavy atom. The van der Waals surface area contributed by atoms with Crippen LogP contribution in [0.25, 0.3) is 0 Å². The molecule has 2 bridgehead atoms. The first-order chi connectivity index (χ1) is 5.02. The van der Waals surface area contributed by atoms with Gasteiger partial charge in [-0.15, -0.1) is 0 Å². The maximum absolute atomic E-state index is 11.5. The molecular formula is C10H16O. The summed E-state index contributed by atoms with van der Waals surface area (Å²) < 4.78 is 0. The SMILES string of the molecule is CC1C(=O)C2CC1C(C)(C)C2. The van der Waals surface area contributed by atoms with Gasteiger partial charge < -0.3 is 0 Å². The lowest BCUT2D eigenvalue weighted by atomic mass is 9.71. The predicted molar refractivity (Wildman–Crippen MR) is 44.2 cm³/mol. The zero-order valence-electron chi connectivity index (χ0n) is 7.55. The molecule has 0 saturated heterocycles. The molecule has 1 heteroatoms. The maximum atomic E-state index is 11.5. The van der Waals surface area contributed by atoms with Crippen LogP contribution in [0.2, 0.25) is 0 Å². The highest BCUT2D eigenvalue weighted by atomic mass is 16.1. The maximum Gasteiger partial charge on any atom is 0.139 e. The minimum absolute atomic E-state index is 0.351. The molecule has 2 aliphatic carbocycles. The molecule has 2 fully saturated rings. The number of Topliss-reactive ketones (excluding diaryl/α,β-unsaturated/α-hetero) is 1. The van der Waals surface area contributed by atoms with Gasteiger partial charge in [-0.3, -0.25) is 4.79 Å². The molecule has 2 aliphatic rings. The van der Waals surface area contributed by atoms with E-state index in [1.807, 2.05) is 0 Å². The van der Waals surface area contributed by atoms with Crippen LogP contribution in [0.1, 0.15) is 33.6 Å². The molecule has 0 radical (unpaired) electrons. The van der Waals surface area contributed by atoms with E-state index in [1.54, 1.807) is 0 Å². The van der Waals surface area contributed by atoms with E-state index in [2.05, 4.69) is 20.8 Å². The molecule has 3 unspecified atom stereocenters. The second kappa shape index (κ2) is 1.88. The standard InChI is InChI=1S/C10H16O/c1-6-8-4-7(9(6)11)5-10(8,2)3/h6-8H,4-5H2,1-3H3. The Labute approximate surface area is 68.2 Å². The molecule has 3 atom stereocenters. The largest absolute Gasteiger partial charge is 0.299 e. The normalized spacial score (nSPS) is 46.8. The number of hydrogen-bond donors (Lipinski definition) is 0. The fourth-order valence-electron chi connectivity index (χ4n) is 3.16. The summed E-state index contributed by atoms with van der Waals surface area (Å²) in [6, 6.07) is 0. The Kier molecular flexibility index (Phi) is 1.25. The van der Waals surface area contributed by atoms with E-state index in [1.165, 1.54) is 6.42 Å². The van der Waals surface area contributed by atoms with Gasteiger partial charge in [0.05, 0.1) is 0 Å². The van der Waals surface area contributed by atoms with E-state index in [9.17, 15) is 4.79 Å². The van der Waals surface area contributed by atoms with Gasteiger partial charge in [0.25, 0.3) is 0 Å². The van der Waals surface area contributed by atoms with E-state index in [-0.39, 0.29) is 0 Å². The van der Waals surface area contributed by atoms with Crippen LogP contribution >= 0.6 is 0 Å².